The zero-order valence-corrected chi connectivity index (χ0v) is 14.2. The molecule has 2 aromatic carbocycles. The molecule has 2 aromatic rings. The normalized spacial score (nSPS) is 22.2. The second-order valence-corrected chi connectivity index (χ2v) is 6.74. The summed E-state index contributed by atoms with van der Waals surface area (Å²) < 4.78 is 0. The summed E-state index contributed by atoms with van der Waals surface area (Å²) in [6.45, 7) is 2.56. The third-order valence-electron chi connectivity index (χ3n) is 4.95. The number of nitrogens with one attached hydrogen (secondary N) is 1. The van der Waals surface area contributed by atoms with Gasteiger partial charge < -0.3 is 10.2 Å². The molecule has 1 saturated heterocycles. The van der Waals surface area contributed by atoms with E-state index in [1.165, 1.54) is 5.56 Å². The van der Waals surface area contributed by atoms with Crippen LogP contribution in [0.1, 0.15) is 18.9 Å². The maximum absolute atomic E-state index is 12.8. The lowest BCUT2D eigenvalue weighted by Crippen LogP contribution is -2.48. The van der Waals surface area contributed by atoms with Crippen LogP contribution in [0.3, 0.4) is 0 Å². The summed E-state index contributed by atoms with van der Waals surface area (Å²) in [7, 11) is 0. The number of hydrogen-bond acceptors (Lipinski definition) is 2. The quantitative estimate of drug-likeness (QED) is 0.917. The third kappa shape index (κ3) is 2.86. The van der Waals surface area contributed by atoms with E-state index in [2.05, 4.69) is 18.3 Å². The highest BCUT2D eigenvalue weighted by atomic mass is 16.2. The Bertz CT molecular complexity index is 806. The van der Waals surface area contributed by atoms with Crippen LogP contribution in [0.2, 0.25) is 0 Å². The van der Waals surface area contributed by atoms with E-state index >= 15 is 0 Å². The molecule has 5 heteroatoms. The van der Waals surface area contributed by atoms with Gasteiger partial charge in [-0.3, -0.25) is 9.69 Å². The number of anilines is 2. The van der Waals surface area contributed by atoms with Gasteiger partial charge in [0.2, 0.25) is 5.91 Å². The molecule has 2 atom stereocenters. The monoisotopic (exact) mass is 335 g/mol. The molecule has 25 heavy (non-hydrogen) atoms. The highest BCUT2D eigenvalue weighted by Crippen LogP contribution is 2.32. The van der Waals surface area contributed by atoms with Crippen LogP contribution in [0.4, 0.5) is 16.2 Å². The summed E-state index contributed by atoms with van der Waals surface area (Å²) in [5, 5.41) is 3.05. The van der Waals surface area contributed by atoms with E-state index in [0.29, 0.717) is 13.0 Å². The van der Waals surface area contributed by atoms with Gasteiger partial charge in [-0.1, -0.05) is 36.4 Å². The SMILES string of the molecule is CC1Cc2ccccc2N1C(=O)NC1CC(=O)N(c2ccccc2)C1. The fourth-order valence-electron chi connectivity index (χ4n) is 3.78. The van der Waals surface area contributed by atoms with Gasteiger partial charge in [-0.05, 0) is 37.1 Å². The van der Waals surface area contributed by atoms with Gasteiger partial charge in [0.15, 0.2) is 0 Å². The fraction of sp³-hybridized carbons (Fsp3) is 0.300. The summed E-state index contributed by atoms with van der Waals surface area (Å²) in [5.41, 5.74) is 3.04. The van der Waals surface area contributed by atoms with Crippen molar-refractivity contribution in [3.8, 4) is 0 Å². The second-order valence-electron chi connectivity index (χ2n) is 6.74. The predicted octanol–water partition coefficient (Wildman–Crippen LogP) is 2.95. The predicted molar refractivity (Wildman–Crippen MR) is 97.8 cm³/mol. The first-order valence-corrected chi connectivity index (χ1v) is 8.66. The van der Waals surface area contributed by atoms with Gasteiger partial charge >= 0.3 is 6.03 Å². The van der Waals surface area contributed by atoms with Gasteiger partial charge in [0.25, 0.3) is 0 Å². The van der Waals surface area contributed by atoms with Crippen molar-refractivity contribution in [3.63, 3.8) is 0 Å². The van der Waals surface area contributed by atoms with Gasteiger partial charge in [0, 0.05) is 30.4 Å². The summed E-state index contributed by atoms with van der Waals surface area (Å²) >= 11 is 0. The summed E-state index contributed by atoms with van der Waals surface area (Å²) in [6.07, 6.45) is 1.20. The first-order chi connectivity index (χ1) is 12.1. The zero-order chi connectivity index (χ0) is 17.4. The minimum atomic E-state index is -0.167. The van der Waals surface area contributed by atoms with Crippen molar-refractivity contribution < 1.29 is 9.59 Å². The molecule has 0 saturated carbocycles. The summed E-state index contributed by atoms with van der Waals surface area (Å²) in [4.78, 5) is 28.7. The first kappa shape index (κ1) is 15.7. The van der Waals surface area contributed by atoms with Gasteiger partial charge in [0.05, 0.1) is 6.04 Å². The van der Waals surface area contributed by atoms with Crippen molar-refractivity contribution in [1.29, 1.82) is 0 Å². The Hall–Kier alpha value is -2.82. The van der Waals surface area contributed by atoms with Gasteiger partial charge in [-0.25, -0.2) is 4.79 Å². The third-order valence-corrected chi connectivity index (χ3v) is 4.95. The molecular formula is C20H21N3O2. The largest absolute Gasteiger partial charge is 0.333 e. The van der Waals surface area contributed by atoms with E-state index in [1.807, 2.05) is 53.4 Å². The van der Waals surface area contributed by atoms with Crippen LogP contribution in [-0.2, 0) is 11.2 Å². The number of rotatable bonds is 2. The van der Waals surface area contributed by atoms with Crippen molar-refractivity contribution in [2.45, 2.75) is 31.8 Å². The summed E-state index contributed by atoms with van der Waals surface area (Å²) in [6, 6.07) is 17.4. The van der Waals surface area contributed by atoms with Crippen LogP contribution in [0.15, 0.2) is 54.6 Å². The average Bonchev–Trinajstić information content (AvgIpc) is 3.14. The maximum Gasteiger partial charge on any atom is 0.322 e. The van der Waals surface area contributed by atoms with E-state index in [-0.39, 0.29) is 24.0 Å². The average molecular weight is 335 g/mol. The second kappa shape index (κ2) is 6.24. The van der Waals surface area contributed by atoms with E-state index in [4.69, 9.17) is 0 Å². The smallest absolute Gasteiger partial charge is 0.322 e. The van der Waals surface area contributed by atoms with Gasteiger partial charge in [-0.2, -0.15) is 0 Å². The molecule has 4 rings (SSSR count). The lowest BCUT2D eigenvalue weighted by molar-refractivity contribution is -0.117. The molecule has 0 spiro atoms. The molecule has 1 fully saturated rings. The van der Waals surface area contributed by atoms with Crippen molar-refractivity contribution in [1.82, 2.24) is 5.32 Å². The van der Waals surface area contributed by atoms with Crippen molar-refractivity contribution in [2.24, 2.45) is 0 Å². The number of hydrogen-bond donors (Lipinski definition) is 1. The van der Waals surface area contributed by atoms with Crippen LogP contribution < -0.4 is 15.1 Å². The first-order valence-electron chi connectivity index (χ1n) is 8.66. The van der Waals surface area contributed by atoms with Gasteiger partial charge in [-0.15, -0.1) is 0 Å². The number of nitrogens with zero attached hydrogens (tertiary/aromatic N) is 2. The highest BCUT2D eigenvalue weighted by molar-refractivity contribution is 5.99. The van der Waals surface area contributed by atoms with E-state index in [1.54, 1.807) is 4.90 Å². The number of urea groups is 1. The van der Waals surface area contributed by atoms with Crippen LogP contribution in [-0.4, -0.2) is 30.6 Å². The highest BCUT2D eigenvalue weighted by Gasteiger charge is 2.35. The fourth-order valence-corrected chi connectivity index (χ4v) is 3.78. The number of benzene rings is 2. The standard InChI is InChI=1S/C20H21N3O2/c1-14-11-15-7-5-6-10-18(15)23(14)20(25)21-16-12-19(24)22(13-16)17-8-3-2-4-9-17/h2-10,14,16H,11-13H2,1H3,(H,21,25). The molecule has 2 heterocycles. The number of carbonyl (C=O) groups is 2. The lowest BCUT2D eigenvalue weighted by atomic mass is 10.1. The minimum Gasteiger partial charge on any atom is -0.333 e. The van der Waals surface area contributed by atoms with E-state index in [0.717, 1.165) is 17.8 Å². The molecule has 0 aliphatic carbocycles. The zero-order valence-electron chi connectivity index (χ0n) is 14.2. The summed E-state index contributed by atoms with van der Waals surface area (Å²) in [5.74, 6) is 0.0476. The Morgan fingerprint density at radius 3 is 2.56 bits per heavy atom. The van der Waals surface area contributed by atoms with Crippen LogP contribution in [0.5, 0.6) is 0 Å². The van der Waals surface area contributed by atoms with E-state index in [9.17, 15) is 9.59 Å². The molecule has 2 aliphatic rings. The number of amides is 3. The number of para-hydroxylation sites is 2. The molecule has 2 unspecified atom stereocenters. The molecule has 0 radical (unpaired) electrons. The van der Waals surface area contributed by atoms with Crippen LogP contribution in [0, 0.1) is 0 Å². The molecule has 1 N–H and O–H groups in total. The molecule has 128 valence electrons. The maximum atomic E-state index is 12.8. The van der Waals surface area contributed by atoms with Crippen LogP contribution >= 0.6 is 0 Å². The molecule has 0 aromatic heterocycles. The molecule has 3 amide bonds. The van der Waals surface area contributed by atoms with Crippen LogP contribution in [0.25, 0.3) is 0 Å². The Labute approximate surface area is 147 Å². The Balaban J connectivity index is 1.46. The molecular weight excluding hydrogens is 314 g/mol. The molecule has 0 bridgehead atoms. The minimum absolute atomic E-state index is 0.0476. The van der Waals surface area contributed by atoms with Crippen molar-refractivity contribution in [3.05, 3.63) is 60.2 Å². The Morgan fingerprint density at radius 2 is 1.76 bits per heavy atom. The number of carbonyl (C=O) groups excluding carboxylic acids is 2. The van der Waals surface area contributed by atoms with E-state index < -0.39 is 0 Å². The molecule has 5 nitrogen and oxygen atoms in total. The van der Waals surface area contributed by atoms with Gasteiger partial charge in [0.1, 0.15) is 0 Å². The Kier molecular flexibility index (Phi) is 3.92. The number of fused-ring (bicyclic) bond motifs is 1. The van der Waals surface area contributed by atoms with Crippen molar-refractivity contribution >= 4 is 23.3 Å². The molecule has 2 aliphatic heterocycles. The topological polar surface area (TPSA) is 52.7 Å². The van der Waals surface area contributed by atoms with Crippen molar-refractivity contribution in [2.75, 3.05) is 16.3 Å². The Morgan fingerprint density at radius 1 is 1.04 bits per heavy atom. The lowest BCUT2D eigenvalue weighted by Gasteiger charge is -2.25.